The van der Waals surface area contributed by atoms with Gasteiger partial charge in [-0.05, 0) is 42.0 Å². The molecular weight excluding hydrogens is 278 g/mol. The van der Waals surface area contributed by atoms with Crippen LogP contribution in [0.15, 0.2) is 60.7 Å². The minimum Gasteiger partial charge on any atom is -0.490 e. The van der Waals surface area contributed by atoms with E-state index in [9.17, 15) is 0 Å². The summed E-state index contributed by atoms with van der Waals surface area (Å²) in [6.45, 7) is 0.994. The van der Waals surface area contributed by atoms with E-state index in [0.29, 0.717) is 19.0 Å². The highest BCUT2D eigenvalue weighted by Crippen LogP contribution is 2.21. The number of aromatic nitrogens is 2. The van der Waals surface area contributed by atoms with E-state index in [0.717, 1.165) is 22.8 Å². The maximum Gasteiger partial charge on any atom is 0.145 e. The molecule has 0 aliphatic rings. The van der Waals surface area contributed by atoms with Gasteiger partial charge in [0.05, 0.1) is 5.69 Å². The first-order valence-corrected chi connectivity index (χ1v) is 7.03. The second-order valence-corrected chi connectivity index (χ2v) is 4.74. The van der Waals surface area contributed by atoms with Gasteiger partial charge in [-0.25, -0.2) is 0 Å². The zero-order valence-electron chi connectivity index (χ0n) is 12.0. The van der Waals surface area contributed by atoms with E-state index in [1.54, 1.807) is 6.07 Å². The standard InChI is InChI=1S/C17H17N3O2/c18-17-12-16(19-20-17)13-6-8-15(9-7-13)22-11-10-21-14-4-2-1-3-5-14/h1-9,12H,10-11H2,(H3,18,19,20). The van der Waals surface area contributed by atoms with E-state index in [1.807, 2.05) is 54.6 Å². The Balaban J connectivity index is 1.49. The molecule has 3 aromatic rings. The first-order valence-electron chi connectivity index (χ1n) is 7.03. The third-order valence-electron chi connectivity index (χ3n) is 3.13. The zero-order valence-corrected chi connectivity index (χ0v) is 12.0. The van der Waals surface area contributed by atoms with Crippen molar-refractivity contribution >= 4 is 5.82 Å². The van der Waals surface area contributed by atoms with E-state index in [-0.39, 0.29) is 0 Å². The van der Waals surface area contributed by atoms with Crippen LogP contribution < -0.4 is 15.2 Å². The maximum atomic E-state index is 5.65. The molecule has 0 radical (unpaired) electrons. The average molecular weight is 295 g/mol. The Morgan fingerprint density at radius 2 is 1.50 bits per heavy atom. The molecule has 0 aliphatic heterocycles. The van der Waals surface area contributed by atoms with Gasteiger partial charge in [-0.3, -0.25) is 5.10 Å². The molecule has 0 fully saturated rings. The lowest BCUT2D eigenvalue weighted by Gasteiger charge is -2.08. The molecule has 0 saturated heterocycles. The lowest BCUT2D eigenvalue weighted by Crippen LogP contribution is -2.08. The number of hydrogen-bond acceptors (Lipinski definition) is 4. The van der Waals surface area contributed by atoms with Gasteiger partial charge >= 0.3 is 0 Å². The van der Waals surface area contributed by atoms with Gasteiger partial charge in [0, 0.05) is 6.07 Å². The molecule has 0 unspecified atom stereocenters. The molecule has 0 spiro atoms. The summed E-state index contributed by atoms with van der Waals surface area (Å²) in [7, 11) is 0. The number of anilines is 1. The van der Waals surface area contributed by atoms with Crippen LogP contribution in [0.25, 0.3) is 11.3 Å². The number of nitrogens with one attached hydrogen (secondary N) is 1. The Bertz CT molecular complexity index is 708. The summed E-state index contributed by atoms with van der Waals surface area (Å²) >= 11 is 0. The molecule has 3 rings (SSSR count). The van der Waals surface area contributed by atoms with Crippen molar-refractivity contribution in [2.24, 2.45) is 0 Å². The summed E-state index contributed by atoms with van der Waals surface area (Å²) in [5.74, 6) is 2.12. The van der Waals surface area contributed by atoms with E-state index in [4.69, 9.17) is 15.2 Å². The molecule has 0 saturated carbocycles. The Morgan fingerprint density at radius 3 is 2.09 bits per heavy atom. The number of benzene rings is 2. The van der Waals surface area contributed by atoms with Crippen LogP contribution >= 0.6 is 0 Å². The molecule has 112 valence electrons. The second-order valence-electron chi connectivity index (χ2n) is 4.74. The molecule has 0 amide bonds. The van der Waals surface area contributed by atoms with Crippen LogP contribution in [0.4, 0.5) is 5.82 Å². The molecule has 22 heavy (non-hydrogen) atoms. The summed E-state index contributed by atoms with van der Waals surface area (Å²) in [5, 5.41) is 6.79. The van der Waals surface area contributed by atoms with E-state index in [2.05, 4.69) is 10.2 Å². The third kappa shape index (κ3) is 3.58. The van der Waals surface area contributed by atoms with E-state index in [1.165, 1.54) is 0 Å². The van der Waals surface area contributed by atoms with Crippen molar-refractivity contribution in [2.75, 3.05) is 18.9 Å². The van der Waals surface area contributed by atoms with E-state index < -0.39 is 0 Å². The van der Waals surface area contributed by atoms with Crippen LogP contribution in [0.3, 0.4) is 0 Å². The number of H-pyrrole nitrogens is 1. The van der Waals surface area contributed by atoms with Gasteiger partial charge in [0.25, 0.3) is 0 Å². The predicted molar refractivity (Wildman–Crippen MR) is 85.9 cm³/mol. The van der Waals surface area contributed by atoms with Crippen LogP contribution in [0.1, 0.15) is 0 Å². The van der Waals surface area contributed by atoms with Crippen molar-refractivity contribution in [3.05, 3.63) is 60.7 Å². The Hall–Kier alpha value is -2.95. The Morgan fingerprint density at radius 1 is 0.864 bits per heavy atom. The minimum atomic E-state index is 0.480. The SMILES string of the molecule is Nc1cc(-c2ccc(OCCOc3ccccc3)cc2)[nH]n1. The van der Waals surface area contributed by atoms with Crippen molar-refractivity contribution in [2.45, 2.75) is 0 Å². The van der Waals surface area contributed by atoms with Crippen LogP contribution in [0, 0.1) is 0 Å². The molecule has 5 heteroatoms. The van der Waals surface area contributed by atoms with Crippen molar-refractivity contribution in [3.8, 4) is 22.8 Å². The maximum absolute atomic E-state index is 5.65. The van der Waals surface area contributed by atoms with Crippen molar-refractivity contribution in [3.63, 3.8) is 0 Å². The summed E-state index contributed by atoms with van der Waals surface area (Å²) < 4.78 is 11.2. The monoisotopic (exact) mass is 295 g/mol. The van der Waals surface area contributed by atoms with Gasteiger partial charge in [0.2, 0.25) is 0 Å². The smallest absolute Gasteiger partial charge is 0.145 e. The van der Waals surface area contributed by atoms with Gasteiger partial charge in [-0.15, -0.1) is 0 Å². The van der Waals surface area contributed by atoms with Crippen molar-refractivity contribution in [1.29, 1.82) is 0 Å². The lowest BCUT2D eigenvalue weighted by atomic mass is 10.1. The van der Waals surface area contributed by atoms with Gasteiger partial charge in [-0.2, -0.15) is 5.10 Å². The number of ether oxygens (including phenoxy) is 2. The van der Waals surface area contributed by atoms with Gasteiger partial charge in [-0.1, -0.05) is 18.2 Å². The molecule has 1 aromatic heterocycles. The molecule has 2 aromatic carbocycles. The number of rotatable bonds is 6. The van der Waals surface area contributed by atoms with Gasteiger partial charge in [0.15, 0.2) is 0 Å². The minimum absolute atomic E-state index is 0.480. The number of nitrogens with two attached hydrogens (primary N) is 1. The van der Waals surface area contributed by atoms with Gasteiger partial charge < -0.3 is 15.2 Å². The average Bonchev–Trinajstić information content (AvgIpc) is 3.00. The molecule has 3 N–H and O–H groups in total. The summed E-state index contributed by atoms with van der Waals surface area (Å²) in [4.78, 5) is 0. The van der Waals surface area contributed by atoms with Crippen LogP contribution in [0.5, 0.6) is 11.5 Å². The highest BCUT2D eigenvalue weighted by atomic mass is 16.5. The second kappa shape index (κ2) is 6.67. The number of para-hydroxylation sites is 1. The summed E-state index contributed by atoms with van der Waals surface area (Å²) in [6, 6.07) is 19.2. The topological polar surface area (TPSA) is 73.2 Å². The Kier molecular flexibility index (Phi) is 4.25. The first-order chi connectivity index (χ1) is 10.8. The fourth-order valence-corrected chi connectivity index (χ4v) is 2.05. The highest BCUT2D eigenvalue weighted by Gasteiger charge is 2.02. The highest BCUT2D eigenvalue weighted by molar-refractivity contribution is 5.62. The number of hydrogen-bond donors (Lipinski definition) is 2. The van der Waals surface area contributed by atoms with Gasteiger partial charge in [0.1, 0.15) is 30.5 Å². The lowest BCUT2D eigenvalue weighted by molar-refractivity contribution is 0.217. The molecule has 0 aliphatic carbocycles. The molecule has 1 heterocycles. The zero-order chi connectivity index (χ0) is 15.2. The number of nitrogen functional groups attached to an aromatic ring is 1. The fourth-order valence-electron chi connectivity index (χ4n) is 2.05. The van der Waals surface area contributed by atoms with Crippen molar-refractivity contribution in [1.82, 2.24) is 10.2 Å². The molecule has 0 atom stereocenters. The molecule has 0 bridgehead atoms. The Labute approximate surface area is 128 Å². The third-order valence-corrected chi connectivity index (χ3v) is 3.13. The largest absolute Gasteiger partial charge is 0.490 e. The van der Waals surface area contributed by atoms with Crippen LogP contribution in [-0.4, -0.2) is 23.4 Å². The number of nitrogens with zero attached hydrogens (tertiary/aromatic N) is 1. The molecule has 5 nitrogen and oxygen atoms in total. The summed E-state index contributed by atoms with van der Waals surface area (Å²) in [6.07, 6.45) is 0. The number of aromatic amines is 1. The van der Waals surface area contributed by atoms with Crippen LogP contribution in [-0.2, 0) is 0 Å². The van der Waals surface area contributed by atoms with E-state index >= 15 is 0 Å². The fraction of sp³-hybridized carbons (Fsp3) is 0.118. The van der Waals surface area contributed by atoms with Crippen molar-refractivity contribution < 1.29 is 9.47 Å². The summed E-state index contributed by atoms with van der Waals surface area (Å²) in [5.41, 5.74) is 7.49. The molecular formula is C17H17N3O2. The van der Waals surface area contributed by atoms with Crippen LogP contribution in [0.2, 0.25) is 0 Å². The normalized spacial score (nSPS) is 10.4. The first kappa shape index (κ1) is 14.0. The predicted octanol–water partition coefficient (Wildman–Crippen LogP) is 3.12. The quantitative estimate of drug-likeness (QED) is 0.685.